The molecule has 4 aliphatic rings. The second-order valence-corrected chi connectivity index (χ2v) is 11.9. The minimum atomic E-state index is -3.71. The Morgan fingerprint density at radius 1 is 1.04 bits per heavy atom. The van der Waals surface area contributed by atoms with Crippen LogP contribution in [0.2, 0.25) is 5.02 Å². The van der Waals surface area contributed by atoms with E-state index in [0.717, 1.165) is 28.6 Å². The monoisotopic (exact) mass is 424 g/mol. The number of amides is 1. The van der Waals surface area contributed by atoms with Crippen molar-refractivity contribution in [3.63, 3.8) is 0 Å². The molecule has 5 rings (SSSR count). The van der Waals surface area contributed by atoms with Gasteiger partial charge < -0.3 is 4.90 Å². The van der Waals surface area contributed by atoms with Gasteiger partial charge in [0.15, 0.2) is 0 Å². The first kappa shape index (κ1) is 20.2. The smallest absolute Gasteiger partial charge is 0.243 e. The predicted octanol–water partition coefficient (Wildman–Crippen LogP) is 3.64. The van der Waals surface area contributed by atoms with Gasteiger partial charge in [0.05, 0.1) is 11.4 Å². The number of sulfonamides is 1. The Morgan fingerprint density at radius 2 is 1.54 bits per heavy atom. The van der Waals surface area contributed by atoms with Crippen molar-refractivity contribution in [2.24, 2.45) is 23.2 Å². The number of rotatable bonds is 6. The molecule has 0 unspecified atom stereocenters. The maximum atomic E-state index is 12.8. The van der Waals surface area contributed by atoms with Crippen molar-refractivity contribution in [1.82, 2.24) is 9.21 Å². The van der Waals surface area contributed by atoms with Gasteiger partial charge in [-0.15, -0.1) is 0 Å². The van der Waals surface area contributed by atoms with Crippen LogP contribution in [0.4, 0.5) is 0 Å². The molecule has 0 atom stereocenters. The van der Waals surface area contributed by atoms with Gasteiger partial charge in [0, 0.05) is 25.7 Å². The quantitative estimate of drug-likeness (QED) is 0.700. The summed E-state index contributed by atoms with van der Waals surface area (Å²) in [6.45, 7) is 0.609. The minimum absolute atomic E-state index is 0.143. The van der Waals surface area contributed by atoms with Gasteiger partial charge in [-0.25, -0.2) is 8.42 Å². The topological polar surface area (TPSA) is 57.7 Å². The summed E-state index contributed by atoms with van der Waals surface area (Å²) in [4.78, 5) is 14.7. The fourth-order valence-corrected chi connectivity index (χ4v) is 7.50. The molecule has 1 amide bonds. The van der Waals surface area contributed by atoms with E-state index < -0.39 is 10.0 Å². The van der Waals surface area contributed by atoms with Crippen molar-refractivity contribution in [3.05, 3.63) is 29.3 Å². The highest BCUT2D eigenvalue weighted by Gasteiger charge is 2.51. The van der Waals surface area contributed by atoms with Crippen LogP contribution in [0.5, 0.6) is 0 Å². The Kier molecular flexibility index (Phi) is 5.26. The highest BCUT2D eigenvalue weighted by Crippen LogP contribution is 2.60. The highest BCUT2D eigenvalue weighted by atomic mass is 35.5. The summed E-state index contributed by atoms with van der Waals surface area (Å²) in [5.41, 5.74) is 0.257. The van der Waals surface area contributed by atoms with Crippen molar-refractivity contribution in [1.29, 1.82) is 0 Å². The third-order valence-corrected chi connectivity index (χ3v) is 9.11. The van der Waals surface area contributed by atoms with Gasteiger partial charge in [-0.3, -0.25) is 4.79 Å². The lowest BCUT2D eigenvalue weighted by atomic mass is 9.49. The average molecular weight is 425 g/mol. The molecule has 0 saturated heterocycles. The molecular formula is C21H29ClN2O3S. The molecule has 0 aromatic heterocycles. The van der Waals surface area contributed by atoms with Gasteiger partial charge in [-0.05, 0) is 86.0 Å². The molecule has 154 valence electrons. The summed E-state index contributed by atoms with van der Waals surface area (Å²) in [7, 11) is -0.429. The Morgan fingerprint density at radius 3 is 2.04 bits per heavy atom. The van der Waals surface area contributed by atoms with Crippen molar-refractivity contribution in [2.45, 2.75) is 43.4 Å². The van der Waals surface area contributed by atoms with Crippen LogP contribution in [0.25, 0.3) is 0 Å². The van der Waals surface area contributed by atoms with E-state index in [4.69, 9.17) is 11.6 Å². The molecular weight excluding hydrogens is 396 g/mol. The number of nitrogens with zero attached hydrogens (tertiary/aromatic N) is 2. The van der Waals surface area contributed by atoms with Crippen molar-refractivity contribution in [3.8, 4) is 0 Å². The van der Waals surface area contributed by atoms with E-state index in [9.17, 15) is 13.2 Å². The van der Waals surface area contributed by atoms with Crippen LogP contribution in [-0.4, -0.2) is 50.7 Å². The third kappa shape index (κ3) is 3.83. The molecule has 0 radical (unpaired) electrons. The van der Waals surface area contributed by atoms with Gasteiger partial charge in [-0.1, -0.05) is 11.6 Å². The summed E-state index contributed by atoms with van der Waals surface area (Å²) in [6.07, 6.45) is 7.82. The van der Waals surface area contributed by atoms with Crippen molar-refractivity contribution < 1.29 is 13.2 Å². The first-order valence-electron chi connectivity index (χ1n) is 10.1. The van der Waals surface area contributed by atoms with Crippen LogP contribution in [0.1, 0.15) is 38.5 Å². The molecule has 1 aromatic carbocycles. The number of benzene rings is 1. The van der Waals surface area contributed by atoms with Gasteiger partial charge in [0.2, 0.25) is 15.9 Å². The zero-order valence-corrected chi connectivity index (χ0v) is 18.2. The van der Waals surface area contributed by atoms with E-state index in [0.29, 0.717) is 5.02 Å². The Hall–Kier alpha value is -1.11. The fraction of sp³-hybridized carbons (Fsp3) is 0.667. The van der Waals surface area contributed by atoms with Gasteiger partial charge >= 0.3 is 0 Å². The van der Waals surface area contributed by atoms with Crippen LogP contribution >= 0.6 is 11.6 Å². The molecule has 1 aromatic rings. The number of hydrogen-bond donors (Lipinski definition) is 0. The Bertz CT molecular complexity index is 818. The van der Waals surface area contributed by atoms with Gasteiger partial charge in [0.1, 0.15) is 0 Å². The predicted molar refractivity (Wildman–Crippen MR) is 110 cm³/mol. The zero-order chi connectivity index (χ0) is 20.1. The van der Waals surface area contributed by atoms with E-state index in [1.807, 2.05) is 7.05 Å². The normalized spacial score (nSPS) is 31.4. The lowest BCUT2D eigenvalue weighted by Gasteiger charge is -2.57. The molecule has 0 aliphatic heterocycles. The van der Waals surface area contributed by atoms with Crippen LogP contribution in [0, 0.1) is 23.2 Å². The number of hydrogen-bond acceptors (Lipinski definition) is 3. The molecule has 28 heavy (non-hydrogen) atoms. The molecule has 4 aliphatic carbocycles. The first-order valence-corrected chi connectivity index (χ1v) is 11.9. The largest absolute Gasteiger partial charge is 0.344 e. The molecule has 5 nitrogen and oxygen atoms in total. The van der Waals surface area contributed by atoms with E-state index in [2.05, 4.69) is 0 Å². The summed E-state index contributed by atoms with van der Waals surface area (Å²) >= 11 is 5.85. The lowest BCUT2D eigenvalue weighted by molar-refractivity contribution is -0.135. The average Bonchev–Trinajstić information content (AvgIpc) is 2.60. The summed E-state index contributed by atoms with van der Waals surface area (Å²) in [5.74, 6) is 2.36. The molecule has 0 N–H and O–H groups in total. The van der Waals surface area contributed by atoms with E-state index in [-0.39, 0.29) is 22.8 Å². The van der Waals surface area contributed by atoms with E-state index in [1.165, 1.54) is 57.7 Å². The van der Waals surface area contributed by atoms with E-state index >= 15 is 0 Å². The lowest BCUT2D eigenvalue weighted by Crippen LogP contribution is -2.52. The molecule has 4 bridgehead atoms. The Labute approximate surface area is 173 Å². The second kappa shape index (κ2) is 7.29. The van der Waals surface area contributed by atoms with Gasteiger partial charge in [-0.2, -0.15) is 4.31 Å². The van der Waals surface area contributed by atoms with Crippen LogP contribution in [0.15, 0.2) is 29.2 Å². The Balaban J connectivity index is 1.40. The summed E-state index contributed by atoms with van der Waals surface area (Å²) < 4.78 is 26.6. The second-order valence-electron chi connectivity index (χ2n) is 9.38. The first-order chi connectivity index (χ1) is 13.2. The van der Waals surface area contributed by atoms with Crippen molar-refractivity contribution >= 4 is 27.5 Å². The minimum Gasteiger partial charge on any atom is -0.344 e. The van der Waals surface area contributed by atoms with Crippen molar-refractivity contribution in [2.75, 3.05) is 27.2 Å². The van der Waals surface area contributed by atoms with Crippen LogP contribution in [0.3, 0.4) is 0 Å². The zero-order valence-electron chi connectivity index (χ0n) is 16.6. The molecule has 0 heterocycles. The molecule has 7 heteroatoms. The molecule has 0 spiro atoms. The summed E-state index contributed by atoms with van der Waals surface area (Å²) in [6, 6.07) is 6.03. The summed E-state index contributed by atoms with van der Waals surface area (Å²) in [5, 5.41) is 0.480. The van der Waals surface area contributed by atoms with Crippen LogP contribution in [-0.2, 0) is 14.8 Å². The maximum Gasteiger partial charge on any atom is 0.243 e. The number of halogens is 1. The molecule has 4 fully saturated rings. The fourth-order valence-electron chi connectivity index (χ4n) is 6.26. The number of carbonyl (C=O) groups is 1. The third-order valence-electron chi connectivity index (χ3n) is 7.04. The van der Waals surface area contributed by atoms with Crippen LogP contribution < -0.4 is 0 Å². The standard InChI is InChI=1S/C21H29ClN2O3S/c1-23(14-21-10-15-7-16(11-21)9-17(8-15)12-21)20(25)13-24(2)28(26,27)19-5-3-18(22)4-6-19/h3-6,15-17H,7-14H2,1-2H3. The number of carbonyl (C=O) groups excluding carboxylic acids is 1. The highest BCUT2D eigenvalue weighted by molar-refractivity contribution is 7.89. The van der Waals surface area contributed by atoms with Gasteiger partial charge in [0.25, 0.3) is 0 Å². The maximum absolute atomic E-state index is 12.8. The number of likely N-dealkylation sites (N-methyl/N-ethyl adjacent to an activating group) is 2. The molecule has 4 saturated carbocycles. The SMILES string of the molecule is CN(CC12CC3CC(CC(C3)C1)C2)C(=O)CN(C)S(=O)(=O)c1ccc(Cl)cc1. The van der Waals surface area contributed by atoms with E-state index in [1.54, 1.807) is 17.0 Å².